The Morgan fingerprint density at radius 2 is 1.85 bits per heavy atom. The van der Waals surface area contributed by atoms with Crippen molar-refractivity contribution in [3.8, 4) is 34.3 Å². The van der Waals surface area contributed by atoms with Crippen molar-refractivity contribution in [1.29, 1.82) is 0 Å². The molecule has 0 aliphatic carbocycles. The Morgan fingerprint density at radius 3 is 2.50 bits per heavy atom. The van der Waals surface area contributed by atoms with Gasteiger partial charge >= 0.3 is 0 Å². The molecule has 0 fully saturated rings. The highest BCUT2D eigenvalue weighted by atomic mass is 16.5. The van der Waals surface area contributed by atoms with Gasteiger partial charge in [-0.1, -0.05) is 13.3 Å². The highest BCUT2D eigenvalue weighted by Crippen LogP contribution is 2.37. The van der Waals surface area contributed by atoms with E-state index >= 15 is 0 Å². The lowest BCUT2D eigenvalue weighted by Crippen LogP contribution is -2.11. The Kier molecular flexibility index (Phi) is 4.75. The van der Waals surface area contributed by atoms with Crippen LogP contribution in [0.3, 0.4) is 0 Å². The maximum atomic E-state index is 13.0. The van der Waals surface area contributed by atoms with Crippen LogP contribution < -0.4 is 10.2 Å². The highest BCUT2D eigenvalue weighted by Gasteiger charge is 2.21. The molecule has 0 spiro atoms. The molecule has 0 radical (unpaired) electrons. The van der Waals surface area contributed by atoms with Gasteiger partial charge in [-0.25, -0.2) is 0 Å². The van der Waals surface area contributed by atoms with Crippen LogP contribution in [0.15, 0.2) is 39.5 Å². The third-order valence-electron chi connectivity index (χ3n) is 4.28. The van der Waals surface area contributed by atoms with Gasteiger partial charge in [0.05, 0.1) is 12.7 Å². The molecule has 6 heteroatoms. The summed E-state index contributed by atoms with van der Waals surface area (Å²) in [6.07, 6.45) is 2.06. The number of fused-ring (bicyclic) bond motifs is 1. The topological polar surface area (TPSA) is 100 Å². The van der Waals surface area contributed by atoms with E-state index in [-0.39, 0.29) is 39.4 Å². The molecule has 0 aliphatic heterocycles. The van der Waals surface area contributed by atoms with E-state index in [1.165, 1.54) is 37.4 Å². The van der Waals surface area contributed by atoms with Gasteiger partial charge in [-0.2, -0.15) is 0 Å². The van der Waals surface area contributed by atoms with Crippen molar-refractivity contribution in [3.05, 3.63) is 46.1 Å². The third kappa shape index (κ3) is 3.06. The largest absolute Gasteiger partial charge is 0.508 e. The van der Waals surface area contributed by atoms with Crippen LogP contribution in [0.25, 0.3) is 22.3 Å². The second kappa shape index (κ2) is 7.00. The van der Waals surface area contributed by atoms with Crippen molar-refractivity contribution in [1.82, 2.24) is 0 Å². The van der Waals surface area contributed by atoms with E-state index in [0.29, 0.717) is 23.3 Å². The van der Waals surface area contributed by atoms with Crippen LogP contribution >= 0.6 is 0 Å². The average Bonchev–Trinajstić information content (AvgIpc) is 2.60. The first kappa shape index (κ1) is 17.7. The van der Waals surface area contributed by atoms with Crippen molar-refractivity contribution in [2.75, 3.05) is 7.11 Å². The standard InChI is InChI=1S/C20H20O6/c1-3-4-5-14-19(24)18-16(23)9-12(25-2)10-17(18)26-20(14)13-7-6-11(21)8-15(13)22/h6-10,21-23H,3-5H2,1-2H3. The maximum absolute atomic E-state index is 13.0. The van der Waals surface area contributed by atoms with Gasteiger partial charge < -0.3 is 24.5 Å². The lowest BCUT2D eigenvalue weighted by atomic mass is 9.99. The van der Waals surface area contributed by atoms with E-state index in [4.69, 9.17) is 9.15 Å². The Hall–Kier alpha value is -3.15. The minimum atomic E-state index is -0.345. The van der Waals surface area contributed by atoms with Crippen LogP contribution in [0, 0.1) is 0 Å². The van der Waals surface area contributed by atoms with Gasteiger partial charge in [-0.3, -0.25) is 4.79 Å². The predicted molar refractivity (Wildman–Crippen MR) is 98.1 cm³/mol. The fourth-order valence-electron chi connectivity index (χ4n) is 2.94. The summed E-state index contributed by atoms with van der Waals surface area (Å²) in [4.78, 5) is 13.0. The molecule has 2 aromatic carbocycles. The quantitative estimate of drug-likeness (QED) is 0.640. The van der Waals surface area contributed by atoms with Crippen molar-refractivity contribution in [2.45, 2.75) is 26.2 Å². The number of benzene rings is 2. The zero-order valence-corrected chi connectivity index (χ0v) is 14.6. The van der Waals surface area contributed by atoms with Gasteiger partial charge in [-0.05, 0) is 25.0 Å². The summed E-state index contributed by atoms with van der Waals surface area (Å²) in [5.41, 5.74) is 0.493. The number of hydrogen-bond donors (Lipinski definition) is 3. The molecule has 0 atom stereocenters. The molecule has 3 aromatic rings. The first-order valence-electron chi connectivity index (χ1n) is 8.35. The van der Waals surface area contributed by atoms with Gasteiger partial charge in [0.2, 0.25) is 0 Å². The van der Waals surface area contributed by atoms with Gasteiger partial charge in [0.25, 0.3) is 0 Å². The maximum Gasteiger partial charge on any atom is 0.200 e. The van der Waals surface area contributed by atoms with Crippen molar-refractivity contribution >= 4 is 11.0 Å². The lowest BCUT2D eigenvalue weighted by molar-refractivity contribution is 0.408. The van der Waals surface area contributed by atoms with E-state index in [9.17, 15) is 20.1 Å². The van der Waals surface area contributed by atoms with Crippen molar-refractivity contribution in [2.24, 2.45) is 0 Å². The molecule has 1 aromatic heterocycles. The second-order valence-corrected chi connectivity index (χ2v) is 6.06. The third-order valence-corrected chi connectivity index (χ3v) is 4.28. The zero-order chi connectivity index (χ0) is 18.8. The number of unbranched alkanes of at least 4 members (excludes halogenated alkanes) is 1. The van der Waals surface area contributed by atoms with Gasteiger partial charge in [0.15, 0.2) is 5.43 Å². The molecule has 1 heterocycles. The molecule has 3 N–H and O–H groups in total. The molecule has 6 nitrogen and oxygen atoms in total. The first-order valence-corrected chi connectivity index (χ1v) is 8.35. The van der Waals surface area contributed by atoms with Crippen LogP contribution in [0.2, 0.25) is 0 Å². The Morgan fingerprint density at radius 1 is 1.08 bits per heavy atom. The molecule has 0 amide bonds. The molecular weight excluding hydrogens is 336 g/mol. The fraction of sp³-hybridized carbons (Fsp3) is 0.250. The van der Waals surface area contributed by atoms with Gasteiger partial charge in [0, 0.05) is 23.8 Å². The van der Waals surface area contributed by atoms with E-state index in [0.717, 1.165) is 12.8 Å². The van der Waals surface area contributed by atoms with E-state index in [1.54, 1.807) is 0 Å². The van der Waals surface area contributed by atoms with Crippen LogP contribution in [0.5, 0.6) is 23.0 Å². The number of aromatic hydroxyl groups is 3. The Labute approximate surface area is 149 Å². The Bertz CT molecular complexity index is 1020. The smallest absolute Gasteiger partial charge is 0.200 e. The molecule has 0 aliphatic rings. The molecule has 0 bridgehead atoms. The minimum Gasteiger partial charge on any atom is -0.508 e. The summed E-state index contributed by atoms with van der Waals surface area (Å²) in [5, 5.41) is 30.1. The summed E-state index contributed by atoms with van der Waals surface area (Å²) in [7, 11) is 1.45. The first-order chi connectivity index (χ1) is 12.5. The number of phenols is 3. The van der Waals surface area contributed by atoms with Crippen LogP contribution in [-0.4, -0.2) is 22.4 Å². The predicted octanol–water partition coefficient (Wildman–Crippen LogP) is 3.93. The van der Waals surface area contributed by atoms with Gasteiger partial charge in [-0.15, -0.1) is 0 Å². The molecule has 0 saturated heterocycles. The summed E-state index contributed by atoms with van der Waals surface area (Å²) in [6.45, 7) is 2.00. The van der Waals surface area contributed by atoms with Crippen LogP contribution in [0.1, 0.15) is 25.3 Å². The number of hydrogen-bond acceptors (Lipinski definition) is 6. The van der Waals surface area contributed by atoms with Crippen LogP contribution in [-0.2, 0) is 6.42 Å². The zero-order valence-electron chi connectivity index (χ0n) is 14.6. The summed E-state index contributed by atoms with van der Waals surface area (Å²) < 4.78 is 11.0. The molecule has 0 unspecified atom stereocenters. The lowest BCUT2D eigenvalue weighted by Gasteiger charge is -2.13. The molecule has 136 valence electrons. The van der Waals surface area contributed by atoms with E-state index < -0.39 is 0 Å². The summed E-state index contributed by atoms with van der Waals surface area (Å²) in [6, 6.07) is 6.96. The van der Waals surface area contributed by atoms with E-state index in [1.807, 2.05) is 6.92 Å². The summed E-state index contributed by atoms with van der Waals surface area (Å²) in [5.74, 6) is 0.0648. The SMILES string of the molecule is CCCCc1c(-c2ccc(O)cc2O)oc2cc(OC)cc(O)c2c1=O. The van der Waals surface area contributed by atoms with Crippen LogP contribution in [0.4, 0.5) is 0 Å². The van der Waals surface area contributed by atoms with Crippen molar-refractivity contribution < 1.29 is 24.5 Å². The number of ether oxygens (including phenoxy) is 1. The number of methoxy groups -OCH3 is 1. The Balaban J connectivity index is 2.37. The number of phenolic OH excluding ortho intramolecular Hbond substituents is 3. The molecule has 0 saturated carbocycles. The van der Waals surface area contributed by atoms with E-state index in [2.05, 4.69) is 0 Å². The molecule has 26 heavy (non-hydrogen) atoms. The summed E-state index contributed by atoms with van der Waals surface area (Å²) >= 11 is 0. The molecule has 3 rings (SSSR count). The minimum absolute atomic E-state index is 0.0823. The normalized spacial score (nSPS) is 11.0. The fourth-order valence-corrected chi connectivity index (χ4v) is 2.94. The second-order valence-electron chi connectivity index (χ2n) is 6.06. The number of rotatable bonds is 5. The van der Waals surface area contributed by atoms with Gasteiger partial charge in [0.1, 0.15) is 39.7 Å². The average molecular weight is 356 g/mol. The van der Waals surface area contributed by atoms with Crippen molar-refractivity contribution in [3.63, 3.8) is 0 Å². The molecular formula is C20H20O6. The highest BCUT2D eigenvalue weighted by molar-refractivity contribution is 5.87. The monoisotopic (exact) mass is 356 g/mol.